The SMILES string of the molecule is CCc1nnc(N)s1.Nc1n[nH]c(-c2ccccc2)n1.Nc1n[nH]c(=S)s1. The number of nitrogens with zero attached hydrogens (tertiary/aromatic N) is 5. The van der Waals surface area contributed by atoms with Crippen LogP contribution in [0.15, 0.2) is 30.3 Å². The lowest BCUT2D eigenvalue weighted by Crippen LogP contribution is -1.85. The Morgan fingerprint density at radius 1 is 0.963 bits per heavy atom. The number of hydrogen-bond acceptors (Lipinski definition) is 11. The van der Waals surface area contributed by atoms with Crippen molar-refractivity contribution in [3.8, 4) is 11.4 Å². The molecule has 0 saturated carbocycles. The van der Waals surface area contributed by atoms with E-state index in [1.165, 1.54) is 22.7 Å². The molecule has 0 aliphatic carbocycles. The van der Waals surface area contributed by atoms with Gasteiger partial charge >= 0.3 is 0 Å². The number of nitrogens with one attached hydrogen (secondary N) is 2. The van der Waals surface area contributed by atoms with E-state index in [1.54, 1.807) is 0 Å². The summed E-state index contributed by atoms with van der Waals surface area (Å²) in [6.07, 6.45) is 0.925. The molecule has 4 rings (SSSR count). The average Bonchev–Trinajstić information content (AvgIpc) is 3.39. The zero-order valence-electron chi connectivity index (χ0n) is 14.3. The molecule has 3 heterocycles. The second-order valence-electron chi connectivity index (χ2n) is 4.75. The second kappa shape index (κ2) is 10.3. The van der Waals surface area contributed by atoms with Crippen LogP contribution in [0.25, 0.3) is 11.4 Å². The molecule has 0 bridgehead atoms. The molecule has 10 nitrogen and oxygen atoms in total. The lowest BCUT2D eigenvalue weighted by molar-refractivity contribution is 0.988. The van der Waals surface area contributed by atoms with Crippen LogP contribution in [0.1, 0.15) is 11.9 Å². The third-order valence-corrected chi connectivity index (χ3v) is 4.60. The summed E-state index contributed by atoms with van der Waals surface area (Å²) < 4.78 is 0.623. The Labute approximate surface area is 167 Å². The highest BCUT2D eigenvalue weighted by atomic mass is 32.1. The van der Waals surface area contributed by atoms with Gasteiger partial charge in [0.05, 0.1) is 0 Å². The van der Waals surface area contributed by atoms with E-state index in [2.05, 4.69) is 47.8 Å². The number of aromatic nitrogens is 7. The predicted molar refractivity (Wildman–Crippen MR) is 112 cm³/mol. The first-order valence-electron chi connectivity index (χ1n) is 7.60. The maximum atomic E-state index is 5.36. The van der Waals surface area contributed by atoms with Crippen molar-refractivity contribution in [3.63, 3.8) is 0 Å². The summed E-state index contributed by atoms with van der Waals surface area (Å²) in [6, 6.07) is 9.71. The van der Waals surface area contributed by atoms with Crippen molar-refractivity contribution in [2.24, 2.45) is 0 Å². The monoisotopic (exact) mass is 422 g/mol. The third-order valence-electron chi connectivity index (χ3n) is 2.79. The standard InChI is InChI=1S/C8H8N4.C4H7N3S.C2H3N3S2/c9-8-10-7(11-12-8)6-4-2-1-3-5-6;1-2-3-6-7-4(5)8-3;3-1-4-5-2(6)7-1/h1-5H,(H3,9,10,11,12);2H2,1H3,(H2,5,7);(H2,3,4)(H,5,6). The summed E-state index contributed by atoms with van der Waals surface area (Å²) in [5, 5.41) is 22.0. The first kappa shape index (κ1) is 20.4. The Kier molecular flexibility index (Phi) is 7.79. The van der Waals surface area contributed by atoms with Gasteiger partial charge in [0, 0.05) is 5.56 Å². The van der Waals surface area contributed by atoms with E-state index in [4.69, 9.17) is 17.2 Å². The highest BCUT2D eigenvalue weighted by molar-refractivity contribution is 7.73. The number of benzene rings is 1. The lowest BCUT2D eigenvalue weighted by atomic mass is 10.2. The number of hydrogen-bond donors (Lipinski definition) is 5. The molecule has 0 amide bonds. The van der Waals surface area contributed by atoms with Gasteiger partial charge in [0.2, 0.25) is 16.2 Å². The van der Waals surface area contributed by atoms with Crippen LogP contribution in [0.5, 0.6) is 0 Å². The molecule has 0 spiro atoms. The van der Waals surface area contributed by atoms with Crippen LogP contribution in [-0.2, 0) is 6.42 Å². The first-order valence-corrected chi connectivity index (χ1v) is 9.64. The number of rotatable bonds is 2. The largest absolute Gasteiger partial charge is 0.374 e. The molecule has 0 aliphatic heterocycles. The minimum Gasteiger partial charge on any atom is -0.374 e. The van der Waals surface area contributed by atoms with Crippen LogP contribution in [0.4, 0.5) is 16.2 Å². The number of aromatic amines is 2. The normalized spacial score (nSPS) is 9.67. The van der Waals surface area contributed by atoms with Crippen LogP contribution >= 0.6 is 34.9 Å². The number of anilines is 3. The third kappa shape index (κ3) is 7.08. The molecule has 8 N–H and O–H groups in total. The van der Waals surface area contributed by atoms with Gasteiger partial charge in [0.1, 0.15) is 5.01 Å². The van der Waals surface area contributed by atoms with Crippen LogP contribution in [0, 0.1) is 3.95 Å². The summed E-state index contributed by atoms with van der Waals surface area (Å²) in [5.74, 6) is 0.974. The Balaban J connectivity index is 0.000000153. The molecular weight excluding hydrogens is 404 g/mol. The van der Waals surface area contributed by atoms with E-state index in [1.807, 2.05) is 37.3 Å². The number of aryl methyl sites for hydroxylation is 1. The molecule has 3 aromatic heterocycles. The van der Waals surface area contributed by atoms with Gasteiger partial charge in [-0.3, -0.25) is 10.2 Å². The molecule has 27 heavy (non-hydrogen) atoms. The minimum atomic E-state index is 0.272. The maximum Gasteiger partial charge on any atom is 0.239 e. The Morgan fingerprint density at radius 3 is 2.07 bits per heavy atom. The molecule has 0 atom stereocenters. The van der Waals surface area contributed by atoms with Crippen molar-refractivity contribution in [2.75, 3.05) is 17.2 Å². The van der Waals surface area contributed by atoms with Gasteiger partial charge < -0.3 is 17.2 Å². The highest BCUT2D eigenvalue weighted by Gasteiger charge is 2.00. The Morgan fingerprint density at radius 2 is 1.70 bits per heavy atom. The van der Waals surface area contributed by atoms with Crippen LogP contribution in [0.2, 0.25) is 0 Å². The van der Waals surface area contributed by atoms with Crippen molar-refractivity contribution < 1.29 is 0 Å². The maximum absolute atomic E-state index is 5.36. The molecule has 1 aromatic carbocycles. The van der Waals surface area contributed by atoms with Crippen molar-refractivity contribution in [3.05, 3.63) is 39.3 Å². The number of nitrogen functional groups attached to an aromatic ring is 3. The smallest absolute Gasteiger partial charge is 0.239 e. The van der Waals surface area contributed by atoms with E-state index in [0.29, 0.717) is 20.0 Å². The zero-order chi connectivity index (χ0) is 19.6. The summed E-state index contributed by atoms with van der Waals surface area (Å²) in [4.78, 5) is 3.99. The van der Waals surface area contributed by atoms with Gasteiger partial charge in [0.15, 0.2) is 9.78 Å². The first-order chi connectivity index (χ1) is 13.0. The van der Waals surface area contributed by atoms with Crippen molar-refractivity contribution in [1.82, 2.24) is 35.6 Å². The summed E-state index contributed by atoms with van der Waals surface area (Å²) in [6.45, 7) is 2.03. The van der Waals surface area contributed by atoms with E-state index >= 15 is 0 Å². The molecule has 0 fully saturated rings. The fourth-order valence-corrected chi connectivity index (χ4v) is 2.87. The van der Waals surface area contributed by atoms with Crippen molar-refractivity contribution >= 4 is 51.1 Å². The Bertz CT molecular complexity index is 988. The second-order valence-corrected chi connectivity index (χ2v) is 7.54. The number of nitrogens with two attached hydrogens (primary N) is 3. The van der Waals surface area contributed by atoms with Gasteiger partial charge in [0.25, 0.3) is 0 Å². The topological polar surface area (TPSA) is 174 Å². The molecule has 4 aromatic rings. The van der Waals surface area contributed by atoms with Gasteiger partial charge in [-0.05, 0) is 18.6 Å². The van der Waals surface area contributed by atoms with Gasteiger partial charge in [-0.1, -0.05) is 59.9 Å². The van der Waals surface area contributed by atoms with Gasteiger partial charge in [-0.15, -0.1) is 20.4 Å². The van der Waals surface area contributed by atoms with Gasteiger partial charge in [-0.2, -0.15) is 4.98 Å². The van der Waals surface area contributed by atoms with Crippen LogP contribution in [-0.4, -0.2) is 35.6 Å². The quantitative estimate of drug-likeness (QED) is 0.304. The number of H-pyrrole nitrogens is 2. The van der Waals surface area contributed by atoms with E-state index in [-0.39, 0.29) is 5.95 Å². The summed E-state index contributed by atoms with van der Waals surface area (Å²) in [7, 11) is 0. The predicted octanol–water partition coefficient (Wildman–Crippen LogP) is 2.52. The fraction of sp³-hybridized carbons (Fsp3) is 0.143. The highest BCUT2D eigenvalue weighted by Crippen LogP contribution is 2.13. The molecule has 0 unspecified atom stereocenters. The molecule has 142 valence electrons. The minimum absolute atomic E-state index is 0.272. The van der Waals surface area contributed by atoms with E-state index in [9.17, 15) is 0 Å². The van der Waals surface area contributed by atoms with Gasteiger partial charge in [-0.25, -0.2) is 0 Å². The fourth-order valence-electron chi connectivity index (χ4n) is 1.65. The molecule has 0 aliphatic rings. The molecule has 0 saturated heterocycles. The Hall–Kier alpha value is -2.90. The summed E-state index contributed by atoms with van der Waals surface area (Å²) >= 11 is 7.37. The molecule has 13 heteroatoms. The molecular formula is C14H18N10S3. The van der Waals surface area contributed by atoms with Crippen LogP contribution < -0.4 is 17.2 Å². The van der Waals surface area contributed by atoms with Crippen LogP contribution in [0.3, 0.4) is 0 Å². The van der Waals surface area contributed by atoms with E-state index in [0.717, 1.165) is 17.0 Å². The van der Waals surface area contributed by atoms with E-state index < -0.39 is 0 Å². The van der Waals surface area contributed by atoms with Crippen molar-refractivity contribution in [1.29, 1.82) is 0 Å². The lowest BCUT2D eigenvalue weighted by Gasteiger charge is -1.91. The zero-order valence-corrected chi connectivity index (χ0v) is 16.7. The average molecular weight is 423 g/mol. The summed E-state index contributed by atoms with van der Waals surface area (Å²) in [5.41, 5.74) is 16.8. The molecule has 0 radical (unpaired) electrons. The van der Waals surface area contributed by atoms with Crippen molar-refractivity contribution in [2.45, 2.75) is 13.3 Å².